The molecule has 3 rings (SSSR count). The number of carbonyl (C=O) groups excluding carboxylic acids is 1. The van der Waals surface area contributed by atoms with Gasteiger partial charge in [-0.3, -0.25) is 4.79 Å². The number of aromatic carboxylic acids is 1. The predicted octanol–water partition coefficient (Wildman–Crippen LogP) is 1.49. The van der Waals surface area contributed by atoms with E-state index in [9.17, 15) is 9.59 Å². The number of aryl methyl sites for hydroxylation is 1. The molecule has 1 aromatic carbocycles. The summed E-state index contributed by atoms with van der Waals surface area (Å²) in [5.74, 6) is -1.41. The number of hydrogen-bond acceptors (Lipinski definition) is 4. The molecule has 1 aliphatic rings. The van der Waals surface area contributed by atoms with Crippen molar-refractivity contribution < 1.29 is 14.7 Å². The molecule has 0 bridgehead atoms. The van der Waals surface area contributed by atoms with Crippen LogP contribution >= 0.6 is 0 Å². The molecular formula is C15H16N4O3. The van der Waals surface area contributed by atoms with E-state index in [0.29, 0.717) is 0 Å². The van der Waals surface area contributed by atoms with Crippen molar-refractivity contribution in [2.75, 3.05) is 5.32 Å². The molecule has 1 heterocycles. The molecule has 7 nitrogen and oxygen atoms in total. The Morgan fingerprint density at radius 3 is 2.86 bits per heavy atom. The fourth-order valence-electron chi connectivity index (χ4n) is 2.71. The number of benzene rings is 1. The monoisotopic (exact) mass is 300 g/mol. The number of hydrogen-bond donors (Lipinski definition) is 2. The maximum atomic E-state index is 12.1. The van der Waals surface area contributed by atoms with Gasteiger partial charge in [-0.1, -0.05) is 17.3 Å². The van der Waals surface area contributed by atoms with Crippen LogP contribution in [0.4, 0.5) is 5.69 Å². The van der Waals surface area contributed by atoms with E-state index in [1.165, 1.54) is 28.4 Å². The summed E-state index contributed by atoms with van der Waals surface area (Å²) in [5, 5.41) is 18.8. The molecular weight excluding hydrogens is 284 g/mol. The van der Waals surface area contributed by atoms with Crippen LogP contribution in [0.1, 0.15) is 34.5 Å². The van der Waals surface area contributed by atoms with Crippen LogP contribution in [0.5, 0.6) is 0 Å². The second-order valence-corrected chi connectivity index (χ2v) is 5.31. The minimum Gasteiger partial charge on any atom is -0.476 e. The quantitative estimate of drug-likeness (QED) is 0.891. The number of amides is 1. The number of nitrogens with one attached hydrogen (secondary N) is 1. The lowest BCUT2D eigenvalue weighted by Crippen LogP contribution is -2.20. The van der Waals surface area contributed by atoms with Crippen LogP contribution in [0, 0.1) is 0 Å². The topological polar surface area (TPSA) is 97.1 Å². The van der Waals surface area contributed by atoms with Gasteiger partial charge in [-0.15, -0.1) is 5.10 Å². The minimum absolute atomic E-state index is 0.0655. The summed E-state index contributed by atoms with van der Waals surface area (Å²) in [7, 11) is 0. The first-order chi connectivity index (χ1) is 10.6. The third-order valence-electron chi connectivity index (χ3n) is 3.73. The van der Waals surface area contributed by atoms with E-state index in [1.807, 2.05) is 12.1 Å². The van der Waals surface area contributed by atoms with Gasteiger partial charge in [0.2, 0.25) is 5.91 Å². The van der Waals surface area contributed by atoms with Crippen molar-refractivity contribution in [2.24, 2.45) is 0 Å². The third-order valence-corrected chi connectivity index (χ3v) is 3.73. The normalized spacial score (nSPS) is 13.5. The Kier molecular flexibility index (Phi) is 3.86. The largest absolute Gasteiger partial charge is 0.476 e. The lowest BCUT2D eigenvalue weighted by molar-refractivity contribution is -0.116. The van der Waals surface area contributed by atoms with Crippen molar-refractivity contribution in [1.29, 1.82) is 0 Å². The maximum Gasteiger partial charge on any atom is 0.358 e. The highest BCUT2D eigenvalue weighted by atomic mass is 16.4. The average molecular weight is 300 g/mol. The van der Waals surface area contributed by atoms with E-state index in [1.54, 1.807) is 0 Å². The molecule has 114 valence electrons. The molecule has 0 saturated carbocycles. The molecule has 1 amide bonds. The minimum atomic E-state index is -1.16. The van der Waals surface area contributed by atoms with Crippen LogP contribution in [0.3, 0.4) is 0 Å². The summed E-state index contributed by atoms with van der Waals surface area (Å²) >= 11 is 0. The van der Waals surface area contributed by atoms with Gasteiger partial charge in [0.15, 0.2) is 5.69 Å². The number of rotatable bonds is 4. The molecule has 0 unspecified atom stereocenters. The first-order valence-corrected chi connectivity index (χ1v) is 7.17. The second kappa shape index (κ2) is 5.97. The van der Waals surface area contributed by atoms with Crippen molar-refractivity contribution in [3.8, 4) is 0 Å². The number of carboxylic acid groups (broad SMARTS) is 1. The van der Waals surface area contributed by atoms with Crippen LogP contribution in [0.15, 0.2) is 24.4 Å². The molecule has 22 heavy (non-hydrogen) atoms. The van der Waals surface area contributed by atoms with E-state index in [0.717, 1.165) is 24.9 Å². The van der Waals surface area contributed by atoms with Gasteiger partial charge >= 0.3 is 5.97 Å². The molecule has 2 aromatic rings. The van der Waals surface area contributed by atoms with Crippen molar-refractivity contribution >= 4 is 17.6 Å². The Hall–Kier alpha value is -2.70. The van der Waals surface area contributed by atoms with E-state index in [4.69, 9.17) is 5.11 Å². The van der Waals surface area contributed by atoms with Crippen LogP contribution in [-0.2, 0) is 24.2 Å². The number of carbonyl (C=O) groups is 2. The van der Waals surface area contributed by atoms with E-state index >= 15 is 0 Å². The SMILES string of the molecule is O=C(Cn1cc(C(=O)O)nn1)Nc1cccc2c1CCCC2. The smallest absolute Gasteiger partial charge is 0.358 e. The molecule has 1 aromatic heterocycles. The van der Waals surface area contributed by atoms with E-state index in [-0.39, 0.29) is 18.1 Å². The summed E-state index contributed by atoms with van der Waals surface area (Å²) in [6.45, 7) is -0.0655. The Morgan fingerprint density at radius 1 is 1.27 bits per heavy atom. The molecule has 0 aliphatic heterocycles. The second-order valence-electron chi connectivity index (χ2n) is 5.31. The number of aromatic nitrogens is 3. The van der Waals surface area contributed by atoms with Gasteiger partial charge < -0.3 is 10.4 Å². The zero-order valence-corrected chi connectivity index (χ0v) is 12.0. The van der Waals surface area contributed by atoms with E-state index < -0.39 is 5.97 Å². The van der Waals surface area contributed by atoms with Gasteiger partial charge in [0.05, 0.1) is 6.20 Å². The highest BCUT2D eigenvalue weighted by Gasteiger charge is 2.15. The lowest BCUT2D eigenvalue weighted by Gasteiger charge is -2.19. The zero-order chi connectivity index (χ0) is 15.5. The first kappa shape index (κ1) is 14.2. The fraction of sp³-hybridized carbons (Fsp3) is 0.333. The summed E-state index contributed by atoms with van der Waals surface area (Å²) in [6.07, 6.45) is 5.57. The number of carboxylic acids is 1. The molecule has 0 fully saturated rings. The molecule has 0 atom stereocenters. The molecule has 0 radical (unpaired) electrons. The van der Waals surface area contributed by atoms with Crippen LogP contribution in [0.2, 0.25) is 0 Å². The van der Waals surface area contributed by atoms with E-state index in [2.05, 4.69) is 21.7 Å². The zero-order valence-electron chi connectivity index (χ0n) is 12.0. The molecule has 0 spiro atoms. The summed E-state index contributed by atoms with van der Waals surface area (Å²) < 4.78 is 1.22. The summed E-state index contributed by atoms with van der Waals surface area (Å²) in [6, 6.07) is 5.94. The van der Waals surface area contributed by atoms with Gasteiger partial charge in [-0.2, -0.15) is 0 Å². The molecule has 0 saturated heterocycles. The Bertz CT molecular complexity index is 723. The van der Waals surface area contributed by atoms with Crippen LogP contribution in [0.25, 0.3) is 0 Å². The molecule has 7 heteroatoms. The van der Waals surface area contributed by atoms with Gasteiger partial charge in [0.25, 0.3) is 0 Å². The number of anilines is 1. The Labute approximate surface area is 126 Å². The fourth-order valence-corrected chi connectivity index (χ4v) is 2.71. The lowest BCUT2D eigenvalue weighted by atomic mass is 9.90. The van der Waals surface area contributed by atoms with Crippen molar-refractivity contribution in [1.82, 2.24) is 15.0 Å². The van der Waals surface area contributed by atoms with Gasteiger partial charge in [0, 0.05) is 5.69 Å². The van der Waals surface area contributed by atoms with Gasteiger partial charge in [-0.05, 0) is 42.9 Å². The predicted molar refractivity (Wildman–Crippen MR) is 78.7 cm³/mol. The summed E-state index contributed by atoms with van der Waals surface area (Å²) in [4.78, 5) is 22.8. The summed E-state index contributed by atoms with van der Waals surface area (Å²) in [5.41, 5.74) is 3.15. The van der Waals surface area contributed by atoms with Crippen LogP contribution in [-0.4, -0.2) is 32.0 Å². The highest BCUT2D eigenvalue weighted by molar-refractivity contribution is 5.91. The van der Waals surface area contributed by atoms with Crippen LogP contribution < -0.4 is 5.32 Å². The third kappa shape index (κ3) is 2.98. The standard InChI is InChI=1S/C15H16N4O3/c20-14(9-19-8-13(15(21)22)17-18-19)16-12-7-3-5-10-4-1-2-6-11(10)12/h3,5,7-8H,1-2,4,6,9H2,(H,16,20)(H,21,22). The number of fused-ring (bicyclic) bond motifs is 1. The Morgan fingerprint density at radius 2 is 2.09 bits per heavy atom. The number of nitrogens with zero attached hydrogens (tertiary/aromatic N) is 3. The molecule has 2 N–H and O–H groups in total. The first-order valence-electron chi connectivity index (χ1n) is 7.17. The highest BCUT2D eigenvalue weighted by Crippen LogP contribution is 2.27. The molecule has 1 aliphatic carbocycles. The maximum absolute atomic E-state index is 12.1. The Balaban J connectivity index is 1.70. The van der Waals surface area contributed by atoms with Gasteiger partial charge in [-0.25, -0.2) is 9.48 Å². The van der Waals surface area contributed by atoms with Crippen molar-refractivity contribution in [3.05, 3.63) is 41.2 Å². The van der Waals surface area contributed by atoms with Crippen molar-refractivity contribution in [3.63, 3.8) is 0 Å². The van der Waals surface area contributed by atoms with Gasteiger partial charge in [0.1, 0.15) is 6.54 Å². The average Bonchev–Trinajstić information content (AvgIpc) is 2.96. The van der Waals surface area contributed by atoms with Crippen molar-refractivity contribution in [2.45, 2.75) is 32.2 Å².